The molecule has 1 aromatic carbocycles. The summed E-state index contributed by atoms with van der Waals surface area (Å²) in [4.78, 5) is 26.9. The topological polar surface area (TPSA) is 81.5 Å². The summed E-state index contributed by atoms with van der Waals surface area (Å²) in [6.07, 6.45) is 3.66. The van der Waals surface area contributed by atoms with Gasteiger partial charge in [0, 0.05) is 6.07 Å². The first-order valence-corrected chi connectivity index (χ1v) is 5.98. The first-order valence-electron chi connectivity index (χ1n) is 5.98. The number of benzene rings is 1. The van der Waals surface area contributed by atoms with Crippen molar-refractivity contribution in [1.29, 1.82) is 0 Å². The summed E-state index contributed by atoms with van der Waals surface area (Å²) in [5.41, 5.74) is 1.36. The van der Waals surface area contributed by atoms with Gasteiger partial charge >= 0.3 is 0 Å². The number of hydrogen-bond donors (Lipinski definition) is 1. The molecule has 0 spiro atoms. The zero-order valence-electron chi connectivity index (χ0n) is 10.1. The zero-order chi connectivity index (χ0) is 13.8. The molecule has 6 nitrogen and oxygen atoms in total. The van der Waals surface area contributed by atoms with Crippen LogP contribution in [0.15, 0.2) is 18.2 Å². The Morgan fingerprint density at radius 2 is 2.11 bits per heavy atom. The van der Waals surface area contributed by atoms with E-state index >= 15 is 0 Å². The van der Waals surface area contributed by atoms with E-state index in [1.807, 2.05) is 0 Å². The standard InChI is InChI=1S/C12H13FN2O4/c13-8-5-6-11(15(17)18)10(7-8)12(16)14-19-9-3-1-2-4-9/h5-7,9H,1-4H2,(H,14,16). The van der Waals surface area contributed by atoms with E-state index in [0.29, 0.717) is 0 Å². The van der Waals surface area contributed by atoms with Crippen LogP contribution < -0.4 is 5.48 Å². The molecule has 1 saturated carbocycles. The third-order valence-electron chi connectivity index (χ3n) is 3.02. The Morgan fingerprint density at radius 1 is 1.42 bits per heavy atom. The van der Waals surface area contributed by atoms with Crippen molar-refractivity contribution < 1.29 is 18.9 Å². The number of nitrogens with zero attached hydrogens (tertiary/aromatic N) is 1. The fraction of sp³-hybridized carbons (Fsp3) is 0.417. The summed E-state index contributed by atoms with van der Waals surface area (Å²) in [6.45, 7) is 0. The fourth-order valence-corrected chi connectivity index (χ4v) is 2.05. The third-order valence-corrected chi connectivity index (χ3v) is 3.02. The van der Waals surface area contributed by atoms with Crippen LogP contribution in [-0.2, 0) is 4.84 Å². The molecule has 0 saturated heterocycles. The van der Waals surface area contributed by atoms with Gasteiger partial charge in [-0.2, -0.15) is 0 Å². The molecular formula is C12H13FN2O4. The molecule has 1 fully saturated rings. The number of carbonyl (C=O) groups excluding carboxylic acids is 1. The summed E-state index contributed by atoms with van der Waals surface area (Å²) < 4.78 is 13.1. The predicted octanol–water partition coefficient (Wildman–Crippen LogP) is 2.34. The lowest BCUT2D eigenvalue weighted by molar-refractivity contribution is -0.385. The molecule has 102 valence electrons. The molecule has 7 heteroatoms. The van der Waals surface area contributed by atoms with E-state index in [1.165, 1.54) is 0 Å². The lowest BCUT2D eigenvalue weighted by Crippen LogP contribution is -2.28. The third kappa shape index (κ3) is 3.25. The number of hydrogen-bond acceptors (Lipinski definition) is 4. The summed E-state index contributed by atoms with van der Waals surface area (Å²) in [7, 11) is 0. The Morgan fingerprint density at radius 3 is 2.74 bits per heavy atom. The smallest absolute Gasteiger partial charge is 0.270 e. The van der Waals surface area contributed by atoms with Crippen molar-refractivity contribution in [1.82, 2.24) is 5.48 Å². The molecule has 1 amide bonds. The number of nitro benzene ring substituents is 1. The first-order chi connectivity index (χ1) is 9.08. The molecule has 0 heterocycles. The van der Waals surface area contributed by atoms with Crippen molar-refractivity contribution >= 4 is 11.6 Å². The quantitative estimate of drug-likeness (QED) is 0.671. The van der Waals surface area contributed by atoms with Gasteiger partial charge in [0.2, 0.25) is 0 Å². The Labute approximate surface area is 108 Å². The summed E-state index contributed by atoms with van der Waals surface area (Å²) in [6, 6.07) is 2.72. The zero-order valence-corrected chi connectivity index (χ0v) is 10.1. The van der Waals surface area contributed by atoms with Crippen LogP contribution in [0.1, 0.15) is 36.0 Å². The van der Waals surface area contributed by atoms with Crippen LogP contribution in [0.5, 0.6) is 0 Å². The molecular weight excluding hydrogens is 255 g/mol. The van der Waals surface area contributed by atoms with Gasteiger partial charge in [0.15, 0.2) is 0 Å². The van der Waals surface area contributed by atoms with E-state index in [4.69, 9.17) is 4.84 Å². The molecule has 0 atom stereocenters. The number of halogens is 1. The van der Waals surface area contributed by atoms with Crippen molar-refractivity contribution in [3.63, 3.8) is 0 Å². The first kappa shape index (κ1) is 13.4. The summed E-state index contributed by atoms with van der Waals surface area (Å²) in [5, 5.41) is 10.8. The maximum absolute atomic E-state index is 13.1. The second kappa shape index (κ2) is 5.75. The van der Waals surface area contributed by atoms with Gasteiger partial charge in [0.25, 0.3) is 11.6 Å². The van der Waals surface area contributed by atoms with E-state index in [-0.39, 0.29) is 11.7 Å². The number of amides is 1. The van der Waals surface area contributed by atoms with E-state index in [1.54, 1.807) is 0 Å². The van der Waals surface area contributed by atoms with E-state index in [2.05, 4.69) is 5.48 Å². The highest BCUT2D eigenvalue weighted by Gasteiger charge is 2.23. The fourth-order valence-electron chi connectivity index (χ4n) is 2.05. The molecule has 0 unspecified atom stereocenters. The molecule has 0 aliphatic heterocycles. The van der Waals surface area contributed by atoms with Crippen molar-refractivity contribution in [3.05, 3.63) is 39.7 Å². The maximum Gasteiger partial charge on any atom is 0.282 e. The number of rotatable bonds is 4. The predicted molar refractivity (Wildman–Crippen MR) is 63.9 cm³/mol. The molecule has 19 heavy (non-hydrogen) atoms. The normalized spacial score (nSPS) is 15.4. The lowest BCUT2D eigenvalue weighted by atomic mass is 10.1. The SMILES string of the molecule is O=C(NOC1CCCC1)c1cc(F)ccc1[N+](=O)[O-]. The lowest BCUT2D eigenvalue weighted by Gasteiger charge is -2.11. The maximum atomic E-state index is 13.1. The van der Waals surface area contributed by atoms with Crippen LogP contribution in [0.2, 0.25) is 0 Å². The average molecular weight is 268 g/mol. The molecule has 0 radical (unpaired) electrons. The minimum Gasteiger partial charge on any atom is -0.270 e. The second-order valence-electron chi connectivity index (χ2n) is 4.37. The number of carbonyl (C=O) groups is 1. The highest BCUT2D eigenvalue weighted by molar-refractivity contribution is 5.97. The van der Waals surface area contributed by atoms with Gasteiger partial charge < -0.3 is 0 Å². The Hall–Kier alpha value is -2.02. The van der Waals surface area contributed by atoms with Crippen LogP contribution in [0.25, 0.3) is 0 Å². The minimum absolute atomic E-state index is 0.0726. The van der Waals surface area contributed by atoms with Gasteiger partial charge in [-0.25, -0.2) is 9.87 Å². The van der Waals surface area contributed by atoms with Gasteiger partial charge in [-0.3, -0.25) is 19.7 Å². The van der Waals surface area contributed by atoms with Crippen LogP contribution >= 0.6 is 0 Å². The van der Waals surface area contributed by atoms with E-state index in [9.17, 15) is 19.3 Å². The molecule has 0 aromatic heterocycles. The monoisotopic (exact) mass is 268 g/mol. The van der Waals surface area contributed by atoms with Crippen LogP contribution in [0.4, 0.5) is 10.1 Å². The molecule has 2 rings (SSSR count). The number of nitro groups is 1. The Bertz CT molecular complexity index is 501. The van der Waals surface area contributed by atoms with Crippen molar-refractivity contribution in [3.8, 4) is 0 Å². The van der Waals surface area contributed by atoms with Gasteiger partial charge in [-0.05, 0) is 25.0 Å². The van der Waals surface area contributed by atoms with Gasteiger partial charge in [0.05, 0.1) is 11.0 Å². The Kier molecular flexibility index (Phi) is 4.06. The van der Waals surface area contributed by atoms with Crippen LogP contribution in [0, 0.1) is 15.9 Å². The highest BCUT2D eigenvalue weighted by atomic mass is 19.1. The van der Waals surface area contributed by atoms with Crippen molar-refractivity contribution in [2.24, 2.45) is 0 Å². The second-order valence-corrected chi connectivity index (χ2v) is 4.37. The summed E-state index contributed by atoms with van der Waals surface area (Å²) >= 11 is 0. The van der Waals surface area contributed by atoms with Gasteiger partial charge in [0.1, 0.15) is 11.4 Å². The van der Waals surface area contributed by atoms with Crippen LogP contribution in [-0.4, -0.2) is 16.9 Å². The average Bonchev–Trinajstić information content (AvgIpc) is 2.88. The molecule has 0 bridgehead atoms. The minimum atomic E-state index is -0.807. The van der Waals surface area contributed by atoms with Gasteiger partial charge in [-0.15, -0.1) is 0 Å². The Balaban J connectivity index is 2.08. The number of hydroxylamine groups is 1. The van der Waals surface area contributed by atoms with Crippen molar-refractivity contribution in [2.75, 3.05) is 0 Å². The molecule has 1 aromatic rings. The van der Waals surface area contributed by atoms with E-state index in [0.717, 1.165) is 43.9 Å². The van der Waals surface area contributed by atoms with Gasteiger partial charge in [-0.1, -0.05) is 12.8 Å². The van der Waals surface area contributed by atoms with Crippen LogP contribution in [0.3, 0.4) is 0 Å². The number of nitrogens with one attached hydrogen (secondary N) is 1. The summed E-state index contributed by atoms with van der Waals surface area (Å²) in [5.74, 6) is -1.52. The molecule has 1 aliphatic rings. The van der Waals surface area contributed by atoms with Crippen molar-refractivity contribution in [2.45, 2.75) is 31.8 Å². The molecule has 1 N–H and O–H groups in total. The molecule has 1 aliphatic carbocycles. The largest absolute Gasteiger partial charge is 0.282 e. The van der Waals surface area contributed by atoms with E-state index < -0.39 is 22.3 Å². The highest BCUT2D eigenvalue weighted by Crippen LogP contribution is 2.22.